The van der Waals surface area contributed by atoms with Crippen molar-refractivity contribution in [1.29, 1.82) is 0 Å². The first kappa shape index (κ1) is 16.2. The van der Waals surface area contributed by atoms with E-state index < -0.39 is 0 Å². The van der Waals surface area contributed by atoms with Gasteiger partial charge in [0.25, 0.3) is 0 Å². The molecule has 2 amide bonds. The molecular weight excluding hydrogens is 266 g/mol. The molecule has 0 aromatic rings. The lowest BCUT2D eigenvalue weighted by Crippen LogP contribution is -2.53. The SMILES string of the molecule is CCNC(=O)[C@@H]1CCCN1[C@@H](C(=O)NC)C1CC1.Cl. The highest BCUT2D eigenvalue weighted by molar-refractivity contribution is 5.86. The predicted octanol–water partition coefficient (Wildman–Crippen LogP) is 0.533. The van der Waals surface area contributed by atoms with Crippen LogP contribution in [0.25, 0.3) is 0 Å². The first-order valence-electron chi connectivity index (χ1n) is 6.94. The van der Waals surface area contributed by atoms with Crippen molar-refractivity contribution < 1.29 is 9.59 Å². The van der Waals surface area contributed by atoms with Crippen LogP contribution in [0.4, 0.5) is 0 Å². The molecule has 0 radical (unpaired) electrons. The van der Waals surface area contributed by atoms with Crippen molar-refractivity contribution in [2.45, 2.75) is 44.7 Å². The molecule has 1 saturated heterocycles. The number of rotatable bonds is 5. The van der Waals surface area contributed by atoms with Gasteiger partial charge in [0.15, 0.2) is 0 Å². The van der Waals surface area contributed by atoms with E-state index in [1.807, 2.05) is 6.92 Å². The minimum Gasteiger partial charge on any atom is -0.358 e. The van der Waals surface area contributed by atoms with Gasteiger partial charge in [0, 0.05) is 13.6 Å². The van der Waals surface area contributed by atoms with Gasteiger partial charge in [-0.2, -0.15) is 0 Å². The van der Waals surface area contributed by atoms with Crippen LogP contribution in [0, 0.1) is 5.92 Å². The Hall–Kier alpha value is -0.810. The average molecular weight is 290 g/mol. The first-order valence-corrected chi connectivity index (χ1v) is 6.94. The molecule has 1 aliphatic heterocycles. The summed E-state index contributed by atoms with van der Waals surface area (Å²) in [6, 6.07) is -0.224. The molecule has 1 saturated carbocycles. The largest absolute Gasteiger partial charge is 0.358 e. The summed E-state index contributed by atoms with van der Waals surface area (Å²) >= 11 is 0. The number of halogens is 1. The standard InChI is InChI=1S/C13H23N3O2.ClH/c1-3-15-12(17)10-5-4-8-16(10)11(9-6-7-9)13(18)14-2;/h9-11H,3-8H2,1-2H3,(H,14,18)(H,15,17);1H/t10-,11+;/m0./s1. The molecule has 2 N–H and O–H groups in total. The summed E-state index contributed by atoms with van der Waals surface area (Å²) in [5.41, 5.74) is 0. The van der Waals surface area contributed by atoms with Crippen LogP contribution in [0.3, 0.4) is 0 Å². The second-order valence-corrected chi connectivity index (χ2v) is 5.19. The summed E-state index contributed by atoms with van der Waals surface area (Å²) in [6.45, 7) is 3.43. The summed E-state index contributed by atoms with van der Waals surface area (Å²) in [6.07, 6.45) is 4.08. The lowest BCUT2D eigenvalue weighted by Gasteiger charge is -2.31. The van der Waals surface area contributed by atoms with Gasteiger partial charge in [0.05, 0.1) is 12.1 Å². The van der Waals surface area contributed by atoms with Gasteiger partial charge in [-0.05, 0) is 45.1 Å². The fraction of sp³-hybridized carbons (Fsp3) is 0.846. The molecule has 0 aromatic heterocycles. The second-order valence-electron chi connectivity index (χ2n) is 5.19. The van der Waals surface area contributed by atoms with Gasteiger partial charge in [-0.25, -0.2) is 0 Å². The number of nitrogens with one attached hydrogen (secondary N) is 2. The summed E-state index contributed by atoms with van der Waals surface area (Å²) in [5, 5.41) is 5.62. The van der Waals surface area contributed by atoms with Gasteiger partial charge in [0.2, 0.25) is 11.8 Å². The van der Waals surface area contributed by atoms with Crippen molar-refractivity contribution in [3.05, 3.63) is 0 Å². The minimum atomic E-state index is -0.118. The maximum atomic E-state index is 12.0. The Morgan fingerprint density at radius 1 is 1.32 bits per heavy atom. The van der Waals surface area contributed by atoms with E-state index in [1.165, 1.54) is 0 Å². The van der Waals surface area contributed by atoms with Gasteiger partial charge >= 0.3 is 0 Å². The number of hydrogen-bond acceptors (Lipinski definition) is 3. The Balaban J connectivity index is 0.00000180. The quantitative estimate of drug-likeness (QED) is 0.776. The Bertz CT molecular complexity index is 334. The highest BCUT2D eigenvalue weighted by Crippen LogP contribution is 2.38. The van der Waals surface area contributed by atoms with Crippen molar-refractivity contribution in [2.24, 2.45) is 5.92 Å². The molecular formula is C13H24ClN3O2. The molecule has 1 aliphatic carbocycles. The topological polar surface area (TPSA) is 61.4 Å². The third kappa shape index (κ3) is 3.60. The van der Waals surface area contributed by atoms with E-state index in [0.717, 1.165) is 32.2 Å². The zero-order valence-electron chi connectivity index (χ0n) is 11.6. The van der Waals surface area contributed by atoms with Crippen molar-refractivity contribution in [1.82, 2.24) is 15.5 Å². The third-order valence-electron chi connectivity index (χ3n) is 3.89. The number of carbonyl (C=O) groups excluding carboxylic acids is 2. The van der Waals surface area contributed by atoms with Gasteiger partial charge in [-0.1, -0.05) is 0 Å². The van der Waals surface area contributed by atoms with E-state index in [4.69, 9.17) is 0 Å². The van der Waals surface area contributed by atoms with E-state index in [2.05, 4.69) is 15.5 Å². The number of amides is 2. The smallest absolute Gasteiger partial charge is 0.237 e. The molecule has 110 valence electrons. The molecule has 6 heteroatoms. The van der Waals surface area contributed by atoms with E-state index in [1.54, 1.807) is 7.05 Å². The normalized spacial score (nSPS) is 24.4. The number of likely N-dealkylation sites (N-methyl/N-ethyl adjacent to an activating group) is 2. The number of nitrogens with zero attached hydrogens (tertiary/aromatic N) is 1. The third-order valence-corrected chi connectivity index (χ3v) is 3.89. The average Bonchev–Trinajstić information content (AvgIpc) is 3.06. The predicted molar refractivity (Wildman–Crippen MR) is 76.2 cm³/mol. The summed E-state index contributed by atoms with van der Waals surface area (Å²) in [5.74, 6) is 0.582. The van der Waals surface area contributed by atoms with E-state index in [-0.39, 0.29) is 36.3 Å². The van der Waals surface area contributed by atoms with E-state index >= 15 is 0 Å². The fourth-order valence-electron chi connectivity index (χ4n) is 2.89. The maximum Gasteiger partial charge on any atom is 0.237 e. The molecule has 2 atom stereocenters. The molecule has 19 heavy (non-hydrogen) atoms. The molecule has 2 fully saturated rings. The first-order chi connectivity index (χ1) is 8.69. The lowest BCUT2D eigenvalue weighted by atomic mass is 10.1. The number of carbonyl (C=O) groups is 2. The van der Waals surface area contributed by atoms with E-state index in [9.17, 15) is 9.59 Å². The van der Waals surface area contributed by atoms with Crippen LogP contribution in [0.15, 0.2) is 0 Å². The van der Waals surface area contributed by atoms with Crippen LogP contribution >= 0.6 is 12.4 Å². The van der Waals surface area contributed by atoms with Crippen LogP contribution in [0.1, 0.15) is 32.6 Å². The van der Waals surface area contributed by atoms with Crippen molar-refractivity contribution in [2.75, 3.05) is 20.1 Å². The molecule has 2 rings (SSSR count). The van der Waals surface area contributed by atoms with Crippen molar-refractivity contribution in [3.63, 3.8) is 0 Å². The van der Waals surface area contributed by atoms with Crippen molar-refractivity contribution in [3.8, 4) is 0 Å². The highest BCUT2D eigenvalue weighted by atomic mass is 35.5. The second kappa shape index (κ2) is 7.10. The molecule has 0 spiro atoms. The Kier molecular flexibility index (Phi) is 6.07. The molecule has 5 nitrogen and oxygen atoms in total. The van der Waals surface area contributed by atoms with Crippen LogP contribution < -0.4 is 10.6 Å². The van der Waals surface area contributed by atoms with Crippen LogP contribution in [-0.2, 0) is 9.59 Å². The zero-order chi connectivity index (χ0) is 13.1. The Morgan fingerprint density at radius 3 is 2.53 bits per heavy atom. The summed E-state index contributed by atoms with van der Waals surface area (Å²) in [7, 11) is 1.68. The van der Waals surface area contributed by atoms with Gasteiger partial charge in [0.1, 0.15) is 0 Å². The summed E-state index contributed by atoms with van der Waals surface area (Å²) < 4.78 is 0. The lowest BCUT2D eigenvalue weighted by molar-refractivity contribution is -0.131. The summed E-state index contributed by atoms with van der Waals surface area (Å²) in [4.78, 5) is 26.2. The minimum absolute atomic E-state index is 0. The molecule has 2 aliphatic rings. The van der Waals surface area contributed by atoms with Gasteiger partial charge in [-0.3, -0.25) is 14.5 Å². The number of hydrogen-bond donors (Lipinski definition) is 2. The molecule has 1 heterocycles. The maximum absolute atomic E-state index is 12.0. The monoisotopic (exact) mass is 289 g/mol. The fourth-order valence-corrected chi connectivity index (χ4v) is 2.89. The highest BCUT2D eigenvalue weighted by Gasteiger charge is 2.45. The molecule has 0 aromatic carbocycles. The Morgan fingerprint density at radius 2 is 2.00 bits per heavy atom. The van der Waals surface area contributed by atoms with Crippen LogP contribution in [0.5, 0.6) is 0 Å². The van der Waals surface area contributed by atoms with Crippen molar-refractivity contribution >= 4 is 24.2 Å². The zero-order valence-corrected chi connectivity index (χ0v) is 12.5. The van der Waals surface area contributed by atoms with Gasteiger partial charge in [-0.15, -0.1) is 12.4 Å². The molecule has 0 unspecified atom stereocenters. The van der Waals surface area contributed by atoms with Gasteiger partial charge < -0.3 is 10.6 Å². The Labute approximate surface area is 120 Å². The van der Waals surface area contributed by atoms with Crippen LogP contribution in [-0.4, -0.2) is 48.9 Å². The van der Waals surface area contributed by atoms with E-state index in [0.29, 0.717) is 12.5 Å². The van der Waals surface area contributed by atoms with Crippen LogP contribution in [0.2, 0.25) is 0 Å². The molecule has 0 bridgehead atoms. The number of likely N-dealkylation sites (tertiary alicyclic amines) is 1.